The first kappa shape index (κ1) is 15.9. The van der Waals surface area contributed by atoms with Gasteiger partial charge >= 0.3 is 18.1 Å². The van der Waals surface area contributed by atoms with Gasteiger partial charge < -0.3 is 31.1 Å². The van der Waals surface area contributed by atoms with Crippen LogP contribution in [0.1, 0.15) is 13.8 Å². The van der Waals surface area contributed by atoms with E-state index in [0.29, 0.717) is 13.1 Å². The van der Waals surface area contributed by atoms with Gasteiger partial charge in [0.1, 0.15) is 12.3 Å². The number of hydrogen-bond acceptors (Lipinski definition) is 3. The fraction of sp³-hybridized carbons (Fsp3) is 0.727. The quantitative estimate of drug-likeness (QED) is 0.547. The summed E-state index contributed by atoms with van der Waals surface area (Å²) in [5, 5.41) is 10.5. The van der Waals surface area contributed by atoms with Crippen LogP contribution in [0.25, 0.3) is 0 Å². The molecule has 0 aliphatic carbocycles. The predicted molar refractivity (Wildman–Crippen MR) is 72.9 cm³/mol. The second-order valence-corrected chi connectivity index (χ2v) is 4.40. The van der Waals surface area contributed by atoms with Gasteiger partial charge in [-0.2, -0.15) is 0 Å². The molecule has 0 bridgehead atoms. The van der Waals surface area contributed by atoms with Crippen LogP contribution in [0.5, 0.6) is 0 Å². The molecule has 1 fully saturated rings. The van der Waals surface area contributed by atoms with Gasteiger partial charge in [-0.1, -0.05) is 0 Å². The van der Waals surface area contributed by atoms with Crippen molar-refractivity contribution in [2.75, 3.05) is 27.2 Å². The summed E-state index contributed by atoms with van der Waals surface area (Å²) < 4.78 is 0. The van der Waals surface area contributed by atoms with E-state index in [2.05, 4.69) is 21.3 Å². The summed E-state index contributed by atoms with van der Waals surface area (Å²) in [7, 11) is 3.13. The van der Waals surface area contributed by atoms with Gasteiger partial charge in [-0.3, -0.25) is 0 Å². The minimum atomic E-state index is -0.637. The molecule has 0 aromatic rings. The van der Waals surface area contributed by atoms with Crippen molar-refractivity contribution in [2.24, 2.45) is 0 Å². The number of urea groups is 3. The highest BCUT2D eigenvalue weighted by atomic mass is 16.2. The summed E-state index contributed by atoms with van der Waals surface area (Å²) in [5.41, 5.74) is 0. The Kier molecular flexibility index (Phi) is 5.42. The molecule has 0 aromatic carbocycles. The summed E-state index contributed by atoms with van der Waals surface area (Å²) in [6.45, 7) is 4.53. The Balaban J connectivity index is 2.77. The summed E-state index contributed by atoms with van der Waals surface area (Å²) in [6.07, 6.45) is -1.27. The minimum absolute atomic E-state index is 0.284. The average molecular weight is 286 g/mol. The number of nitrogens with one attached hydrogen (secondary N) is 4. The average Bonchev–Trinajstić information content (AvgIpc) is 2.57. The molecule has 0 saturated carbocycles. The van der Waals surface area contributed by atoms with E-state index in [9.17, 15) is 14.4 Å². The van der Waals surface area contributed by atoms with E-state index < -0.39 is 24.4 Å². The van der Waals surface area contributed by atoms with Gasteiger partial charge in [0.15, 0.2) is 0 Å². The maximum Gasteiger partial charge on any atom is 0.323 e. The largest absolute Gasteiger partial charge is 0.338 e. The Hall–Kier alpha value is -2.19. The summed E-state index contributed by atoms with van der Waals surface area (Å²) in [4.78, 5) is 37.9. The minimum Gasteiger partial charge on any atom is -0.338 e. The first-order valence-corrected chi connectivity index (χ1v) is 6.50. The van der Waals surface area contributed by atoms with Crippen LogP contribution in [0.4, 0.5) is 14.4 Å². The van der Waals surface area contributed by atoms with Crippen LogP contribution in [0, 0.1) is 0 Å². The van der Waals surface area contributed by atoms with Crippen LogP contribution in [0.3, 0.4) is 0 Å². The maximum atomic E-state index is 11.9. The van der Waals surface area contributed by atoms with Gasteiger partial charge in [-0.15, -0.1) is 0 Å². The lowest BCUT2D eigenvalue weighted by Crippen LogP contribution is -2.59. The molecular formula is C11H22N6O3. The van der Waals surface area contributed by atoms with Gasteiger partial charge in [0.25, 0.3) is 0 Å². The summed E-state index contributed by atoms with van der Waals surface area (Å²) >= 11 is 0. The standard InChI is InChI=1S/C11H22N6O3/c1-5-12-9(18)14-7-8(15-10(19)13-6-2)17(4)11(20)16(7)3/h7-8H,5-6H2,1-4H3,(H2,12,14,18)(H2,13,15,19)/t7-,8-/m0/s1. The van der Waals surface area contributed by atoms with Crippen LogP contribution in [0.15, 0.2) is 0 Å². The van der Waals surface area contributed by atoms with Gasteiger partial charge in [0, 0.05) is 27.2 Å². The summed E-state index contributed by atoms with van der Waals surface area (Å²) in [5.74, 6) is 0. The highest BCUT2D eigenvalue weighted by Crippen LogP contribution is 2.15. The normalized spacial score (nSPS) is 21.7. The molecule has 9 heteroatoms. The van der Waals surface area contributed by atoms with Crippen molar-refractivity contribution in [3.05, 3.63) is 0 Å². The number of rotatable bonds is 4. The second-order valence-electron chi connectivity index (χ2n) is 4.40. The number of carbonyl (C=O) groups excluding carboxylic acids is 3. The first-order valence-electron chi connectivity index (χ1n) is 6.50. The van der Waals surface area contributed by atoms with Gasteiger partial charge in [0.05, 0.1) is 0 Å². The van der Waals surface area contributed by atoms with Crippen molar-refractivity contribution < 1.29 is 14.4 Å². The monoisotopic (exact) mass is 286 g/mol. The fourth-order valence-electron chi connectivity index (χ4n) is 1.95. The van der Waals surface area contributed by atoms with Crippen LogP contribution < -0.4 is 21.3 Å². The molecule has 114 valence electrons. The Morgan fingerprint density at radius 1 is 0.950 bits per heavy atom. The molecule has 2 atom stereocenters. The highest BCUT2D eigenvalue weighted by Gasteiger charge is 2.43. The lowest BCUT2D eigenvalue weighted by Gasteiger charge is -2.26. The SMILES string of the molecule is CCNC(=O)N[C@@H]1[C@@H](NC(=O)NCC)N(C)C(=O)N1C. The molecule has 0 radical (unpaired) electrons. The van der Waals surface area contributed by atoms with E-state index in [-0.39, 0.29) is 6.03 Å². The molecule has 4 N–H and O–H groups in total. The molecule has 1 aliphatic heterocycles. The van der Waals surface area contributed by atoms with Crippen molar-refractivity contribution >= 4 is 18.1 Å². The number of amides is 6. The first-order chi connectivity index (χ1) is 9.42. The van der Waals surface area contributed by atoms with E-state index in [1.807, 2.05) is 0 Å². The molecular weight excluding hydrogens is 264 g/mol. The van der Waals surface area contributed by atoms with Crippen LogP contribution in [-0.4, -0.2) is 67.4 Å². The van der Waals surface area contributed by atoms with E-state index >= 15 is 0 Å². The Morgan fingerprint density at radius 2 is 1.30 bits per heavy atom. The third kappa shape index (κ3) is 3.43. The molecule has 0 aromatic heterocycles. The third-order valence-electron chi connectivity index (χ3n) is 2.97. The zero-order valence-corrected chi connectivity index (χ0v) is 12.2. The van der Waals surface area contributed by atoms with Gasteiger partial charge in [-0.25, -0.2) is 14.4 Å². The zero-order valence-electron chi connectivity index (χ0n) is 12.2. The van der Waals surface area contributed by atoms with Crippen molar-refractivity contribution in [3.8, 4) is 0 Å². The summed E-state index contributed by atoms with van der Waals surface area (Å²) in [6, 6.07) is -1.07. The lowest BCUT2D eigenvalue weighted by atomic mass is 10.3. The van der Waals surface area contributed by atoms with E-state index in [0.717, 1.165) is 0 Å². The number of likely N-dealkylation sites (N-methyl/N-ethyl adjacent to an activating group) is 2. The molecule has 0 spiro atoms. The Bertz CT molecular complexity index is 354. The van der Waals surface area contributed by atoms with Crippen molar-refractivity contribution in [1.82, 2.24) is 31.1 Å². The Labute approximate surface area is 118 Å². The smallest absolute Gasteiger partial charge is 0.323 e. The third-order valence-corrected chi connectivity index (χ3v) is 2.97. The van der Waals surface area contributed by atoms with Crippen LogP contribution in [0.2, 0.25) is 0 Å². The zero-order chi connectivity index (χ0) is 15.3. The molecule has 0 unspecified atom stereocenters. The molecule has 20 heavy (non-hydrogen) atoms. The van der Waals surface area contributed by atoms with Crippen molar-refractivity contribution in [3.63, 3.8) is 0 Å². The van der Waals surface area contributed by atoms with Gasteiger partial charge in [-0.05, 0) is 13.8 Å². The highest BCUT2D eigenvalue weighted by molar-refractivity contribution is 5.82. The van der Waals surface area contributed by atoms with E-state index in [1.165, 1.54) is 9.80 Å². The fourth-order valence-corrected chi connectivity index (χ4v) is 1.95. The molecule has 1 rings (SSSR count). The van der Waals surface area contributed by atoms with Crippen molar-refractivity contribution in [2.45, 2.75) is 26.2 Å². The van der Waals surface area contributed by atoms with Crippen LogP contribution in [-0.2, 0) is 0 Å². The molecule has 1 saturated heterocycles. The lowest BCUT2D eigenvalue weighted by molar-refractivity contribution is 0.194. The number of carbonyl (C=O) groups is 3. The predicted octanol–water partition coefficient (Wildman–Crippen LogP) is -0.726. The van der Waals surface area contributed by atoms with Crippen molar-refractivity contribution in [1.29, 1.82) is 0 Å². The van der Waals surface area contributed by atoms with Gasteiger partial charge in [0.2, 0.25) is 0 Å². The topological polar surface area (TPSA) is 106 Å². The second kappa shape index (κ2) is 6.83. The molecule has 9 nitrogen and oxygen atoms in total. The molecule has 1 aliphatic rings. The van der Waals surface area contributed by atoms with E-state index in [4.69, 9.17) is 0 Å². The molecule has 6 amide bonds. The Morgan fingerprint density at radius 3 is 1.60 bits per heavy atom. The van der Waals surface area contributed by atoms with Crippen LogP contribution >= 0.6 is 0 Å². The maximum absolute atomic E-state index is 11.9. The number of hydrogen-bond donors (Lipinski definition) is 4. The number of nitrogens with zero attached hydrogens (tertiary/aromatic N) is 2. The van der Waals surface area contributed by atoms with E-state index in [1.54, 1.807) is 27.9 Å². The molecule has 1 heterocycles.